The summed E-state index contributed by atoms with van der Waals surface area (Å²) >= 11 is 0. The highest BCUT2D eigenvalue weighted by Crippen LogP contribution is 2.21. The summed E-state index contributed by atoms with van der Waals surface area (Å²) in [5.41, 5.74) is 5.74. The van der Waals surface area contributed by atoms with E-state index in [1.54, 1.807) is 0 Å². The molecule has 1 saturated heterocycles. The van der Waals surface area contributed by atoms with Crippen LogP contribution in [-0.2, 0) is 4.79 Å². The molecule has 2 aliphatic rings. The van der Waals surface area contributed by atoms with Crippen LogP contribution in [-0.4, -0.2) is 29.4 Å². The van der Waals surface area contributed by atoms with Crippen LogP contribution in [0, 0.1) is 0 Å². The van der Waals surface area contributed by atoms with Crippen LogP contribution in [0.1, 0.15) is 25.7 Å². The van der Waals surface area contributed by atoms with Gasteiger partial charge in [0.15, 0.2) is 0 Å². The maximum atomic E-state index is 11.7. The van der Waals surface area contributed by atoms with Gasteiger partial charge in [0.25, 0.3) is 0 Å². The van der Waals surface area contributed by atoms with Crippen molar-refractivity contribution >= 4 is 18.3 Å². The van der Waals surface area contributed by atoms with E-state index in [1.165, 1.54) is 6.42 Å². The molecule has 0 bridgehead atoms. The number of piperidine rings is 1. The number of fused-ring (bicyclic) bond motifs is 1. The lowest BCUT2D eigenvalue weighted by atomic mass is 10.0. The minimum atomic E-state index is -0.306. The Labute approximate surface area is 90.7 Å². The second-order valence-electron chi connectivity index (χ2n) is 3.87. The quantitative estimate of drug-likeness (QED) is 0.616. The summed E-state index contributed by atoms with van der Waals surface area (Å²) in [5, 5.41) is 0. The molecule has 0 aromatic rings. The molecule has 0 aliphatic carbocycles. The minimum absolute atomic E-state index is 0. The van der Waals surface area contributed by atoms with Gasteiger partial charge in [-0.15, -0.1) is 12.4 Å². The van der Waals surface area contributed by atoms with Gasteiger partial charge in [0.1, 0.15) is 0 Å². The Kier molecular flexibility index (Phi) is 3.96. The zero-order valence-corrected chi connectivity index (χ0v) is 9.00. The Morgan fingerprint density at radius 2 is 2.21 bits per heavy atom. The predicted octanol–water partition coefficient (Wildman–Crippen LogP) is 1.08. The number of halogens is 1. The van der Waals surface area contributed by atoms with Gasteiger partial charge in [-0.1, -0.05) is 12.2 Å². The second kappa shape index (κ2) is 4.80. The molecule has 2 aliphatic heterocycles. The van der Waals surface area contributed by atoms with Crippen molar-refractivity contribution in [3.63, 3.8) is 0 Å². The van der Waals surface area contributed by atoms with Crippen molar-refractivity contribution in [1.82, 2.24) is 4.90 Å². The fourth-order valence-corrected chi connectivity index (χ4v) is 2.13. The Morgan fingerprint density at radius 1 is 1.43 bits per heavy atom. The minimum Gasteiger partial charge on any atom is -0.335 e. The van der Waals surface area contributed by atoms with Crippen LogP contribution in [0.15, 0.2) is 12.2 Å². The molecule has 14 heavy (non-hydrogen) atoms. The van der Waals surface area contributed by atoms with E-state index in [4.69, 9.17) is 5.73 Å². The molecule has 0 radical (unpaired) electrons. The molecule has 4 heteroatoms. The molecular formula is C10H17ClN2O. The summed E-state index contributed by atoms with van der Waals surface area (Å²) in [5.74, 6) is 0.134. The zero-order chi connectivity index (χ0) is 9.26. The third kappa shape index (κ3) is 2.10. The van der Waals surface area contributed by atoms with Gasteiger partial charge in [-0.25, -0.2) is 0 Å². The van der Waals surface area contributed by atoms with Gasteiger partial charge in [0.2, 0.25) is 5.91 Å². The molecule has 2 atom stereocenters. The fraction of sp³-hybridized carbons (Fsp3) is 0.700. The van der Waals surface area contributed by atoms with Crippen molar-refractivity contribution in [1.29, 1.82) is 0 Å². The lowest BCUT2D eigenvalue weighted by Gasteiger charge is -2.34. The molecule has 0 unspecified atom stereocenters. The number of amides is 1. The van der Waals surface area contributed by atoms with Gasteiger partial charge in [-0.05, 0) is 25.7 Å². The molecule has 2 rings (SSSR count). The molecular weight excluding hydrogens is 200 g/mol. The number of carbonyl (C=O) groups excluding carboxylic acids is 1. The first kappa shape index (κ1) is 11.5. The van der Waals surface area contributed by atoms with Crippen molar-refractivity contribution in [2.75, 3.05) is 6.54 Å². The van der Waals surface area contributed by atoms with E-state index < -0.39 is 0 Å². The number of carbonyl (C=O) groups is 1. The summed E-state index contributed by atoms with van der Waals surface area (Å²) in [6.07, 6.45) is 8.36. The van der Waals surface area contributed by atoms with E-state index in [2.05, 4.69) is 12.2 Å². The number of nitrogens with two attached hydrogens (primary N) is 1. The SMILES string of the molecule is Cl.N[C@H]1CC=C[C@H]2CCCCN2C1=O. The summed E-state index contributed by atoms with van der Waals surface area (Å²) in [4.78, 5) is 13.7. The Balaban J connectivity index is 0.000000980. The van der Waals surface area contributed by atoms with E-state index in [-0.39, 0.29) is 24.4 Å². The second-order valence-corrected chi connectivity index (χ2v) is 3.87. The number of hydrogen-bond donors (Lipinski definition) is 1. The largest absolute Gasteiger partial charge is 0.335 e. The third-order valence-corrected chi connectivity index (χ3v) is 2.90. The van der Waals surface area contributed by atoms with Crippen molar-refractivity contribution in [3.8, 4) is 0 Å². The van der Waals surface area contributed by atoms with Crippen molar-refractivity contribution in [2.45, 2.75) is 37.8 Å². The van der Waals surface area contributed by atoms with Crippen LogP contribution < -0.4 is 5.73 Å². The molecule has 3 nitrogen and oxygen atoms in total. The smallest absolute Gasteiger partial charge is 0.240 e. The molecule has 80 valence electrons. The number of rotatable bonds is 0. The monoisotopic (exact) mass is 216 g/mol. The first-order chi connectivity index (χ1) is 6.29. The van der Waals surface area contributed by atoms with E-state index >= 15 is 0 Å². The van der Waals surface area contributed by atoms with E-state index in [0.717, 1.165) is 19.4 Å². The van der Waals surface area contributed by atoms with Gasteiger partial charge < -0.3 is 10.6 Å². The van der Waals surface area contributed by atoms with Crippen molar-refractivity contribution in [2.24, 2.45) is 5.73 Å². The summed E-state index contributed by atoms with van der Waals surface area (Å²) < 4.78 is 0. The maximum absolute atomic E-state index is 11.7. The molecule has 2 heterocycles. The van der Waals surface area contributed by atoms with Crippen molar-refractivity contribution in [3.05, 3.63) is 12.2 Å². The molecule has 0 saturated carbocycles. The van der Waals surface area contributed by atoms with Gasteiger partial charge >= 0.3 is 0 Å². The van der Waals surface area contributed by atoms with Gasteiger partial charge in [-0.3, -0.25) is 4.79 Å². The summed E-state index contributed by atoms with van der Waals surface area (Å²) in [6.45, 7) is 0.890. The van der Waals surface area contributed by atoms with E-state index in [1.807, 2.05) is 4.90 Å². The maximum Gasteiger partial charge on any atom is 0.240 e. The Bertz CT molecular complexity index is 242. The summed E-state index contributed by atoms with van der Waals surface area (Å²) in [7, 11) is 0. The highest BCUT2D eigenvalue weighted by Gasteiger charge is 2.29. The Hall–Kier alpha value is -0.540. The van der Waals surface area contributed by atoms with Crippen LogP contribution >= 0.6 is 12.4 Å². The molecule has 0 aromatic heterocycles. The average molecular weight is 217 g/mol. The molecule has 1 amide bonds. The number of hydrogen-bond acceptors (Lipinski definition) is 2. The average Bonchev–Trinajstić information content (AvgIpc) is 2.29. The van der Waals surface area contributed by atoms with Crippen LogP contribution in [0.4, 0.5) is 0 Å². The molecule has 0 spiro atoms. The zero-order valence-electron chi connectivity index (χ0n) is 8.19. The molecule has 2 N–H and O–H groups in total. The number of nitrogens with zero attached hydrogens (tertiary/aromatic N) is 1. The summed E-state index contributed by atoms with van der Waals surface area (Å²) in [6, 6.07) is 0.0224. The third-order valence-electron chi connectivity index (χ3n) is 2.90. The van der Waals surface area contributed by atoms with E-state index in [0.29, 0.717) is 12.5 Å². The lowest BCUT2D eigenvalue weighted by Crippen LogP contribution is -2.48. The molecule has 1 fully saturated rings. The van der Waals surface area contributed by atoms with Gasteiger partial charge in [0.05, 0.1) is 12.1 Å². The highest BCUT2D eigenvalue weighted by molar-refractivity contribution is 5.85. The van der Waals surface area contributed by atoms with Gasteiger partial charge in [0, 0.05) is 6.54 Å². The van der Waals surface area contributed by atoms with Crippen molar-refractivity contribution < 1.29 is 4.79 Å². The van der Waals surface area contributed by atoms with Crippen LogP contribution in [0.25, 0.3) is 0 Å². The van der Waals surface area contributed by atoms with Crippen LogP contribution in [0.3, 0.4) is 0 Å². The topological polar surface area (TPSA) is 46.3 Å². The van der Waals surface area contributed by atoms with E-state index in [9.17, 15) is 4.79 Å². The first-order valence-electron chi connectivity index (χ1n) is 5.02. The van der Waals surface area contributed by atoms with Crippen LogP contribution in [0.2, 0.25) is 0 Å². The van der Waals surface area contributed by atoms with Crippen LogP contribution in [0.5, 0.6) is 0 Å². The normalized spacial score (nSPS) is 31.8. The predicted molar refractivity (Wildman–Crippen MR) is 58.3 cm³/mol. The standard InChI is InChI=1S/C10H16N2O.ClH/c11-9-6-3-5-8-4-1-2-7-12(8)10(9)13;/h3,5,8-9H,1-2,4,6-7,11H2;1H/t8-,9+;/m1./s1. The molecule has 0 aromatic carbocycles. The fourth-order valence-electron chi connectivity index (χ4n) is 2.13. The van der Waals surface area contributed by atoms with Gasteiger partial charge in [-0.2, -0.15) is 0 Å². The Morgan fingerprint density at radius 3 is 3.00 bits per heavy atom. The lowest BCUT2D eigenvalue weighted by molar-refractivity contribution is -0.134. The first-order valence-corrected chi connectivity index (χ1v) is 5.02. The highest BCUT2D eigenvalue weighted by atomic mass is 35.5.